The lowest BCUT2D eigenvalue weighted by molar-refractivity contribution is -0.482. The highest BCUT2D eigenvalue weighted by molar-refractivity contribution is 7.92. The second-order valence-electron chi connectivity index (χ2n) is 8.14. The number of nitrogens with two attached hydrogens (primary N) is 1. The number of nitrogen functional groups attached to an aromatic ring is 1. The van der Waals surface area contributed by atoms with Crippen molar-refractivity contribution in [3.63, 3.8) is 0 Å². The van der Waals surface area contributed by atoms with Gasteiger partial charge in [0.2, 0.25) is 9.84 Å². The Hall–Kier alpha value is -4.30. The zero-order valence-electron chi connectivity index (χ0n) is 18.3. The van der Waals surface area contributed by atoms with Gasteiger partial charge in [-0.05, 0) is 43.3 Å². The molecule has 7 nitrogen and oxygen atoms in total. The number of aryl methyl sites for hydroxylation is 1. The Balaban J connectivity index is 1.80. The molecule has 0 atom stereocenters. The van der Waals surface area contributed by atoms with E-state index < -0.39 is 9.84 Å². The molecule has 0 saturated heterocycles. The Bertz CT molecular complexity index is 1830. The molecule has 3 heterocycles. The van der Waals surface area contributed by atoms with Gasteiger partial charge in [-0.3, -0.25) is 0 Å². The van der Waals surface area contributed by atoms with Gasteiger partial charge in [-0.1, -0.05) is 53.0 Å². The lowest BCUT2D eigenvalue weighted by Crippen LogP contribution is -2.26. The number of imidazole rings is 1. The van der Waals surface area contributed by atoms with Crippen LogP contribution in [0.25, 0.3) is 33.5 Å². The number of nitrogens with zero attached hydrogens (tertiary/aromatic N) is 4. The lowest BCUT2D eigenvalue weighted by atomic mass is 10.2. The minimum absolute atomic E-state index is 0.0412. The van der Waals surface area contributed by atoms with E-state index in [0.717, 1.165) is 11.3 Å². The molecular formula is C26H20N5O2S+. The second-order valence-corrected chi connectivity index (χ2v) is 10.0. The number of benzene rings is 3. The van der Waals surface area contributed by atoms with Gasteiger partial charge in [-0.15, -0.1) is 0 Å². The van der Waals surface area contributed by atoms with E-state index in [9.17, 15) is 8.42 Å². The maximum atomic E-state index is 14.0. The van der Waals surface area contributed by atoms with Crippen molar-refractivity contribution in [1.29, 1.82) is 0 Å². The molecule has 166 valence electrons. The first-order chi connectivity index (χ1) is 16.4. The normalized spacial score (nSPS) is 12.0. The van der Waals surface area contributed by atoms with Crippen molar-refractivity contribution in [2.45, 2.75) is 16.7 Å². The average molecular weight is 467 g/mol. The summed E-state index contributed by atoms with van der Waals surface area (Å²) in [5, 5.41) is 0. The first-order valence-corrected chi connectivity index (χ1v) is 12.2. The van der Waals surface area contributed by atoms with Gasteiger partial charge in [0.15, 0.2) is 11.0 Å². The summed E-state index contributed by atoms with van der Waals surface area (Å²) in [6.45, 7) is 1.91. The molecule has 0 unspecified atom stereocenters. The third-order valence-electron chi connectivity index (χ3n) is 5.94. The zero-order chi connectivity index (χ0) is 23.4. The molecule has 3 aromatic heterocycles. The summed E-state index contributed by atoms with van der Waals surface area (Å²) in [6.07, 6.45) is 3.67. The number of fused-ring (bicyclic) bond motifs is 4. The minimum Gasteiger partial charge on any atom is -0.392 e. The lowest BCUT2D eigenvalue weighted by Gasteiger charge is -2.12. The minimum atomic E-state index is -4.00. The molecule has 0 radical (unpaired) electrons. The first kappa shape index (κ1) is 20.3. The van der Waals surface area contributed by atoms with E-state index in [0.29, 0.717) is 22.3 Å². The number of sulfone groups is 1. The Morgan fingerprint density at radius 2 is 1.50 bits per heavy atom. The summed E-state index contributed by atoms with van der Waals surface area (Å²) in [6, 6.07) is 23.7. The Morgan fingerprint density at radius 1 is 0.853 bits per heavy atom. The number of hydrogen-bond donors (Lipinski definition) is 1. The molecule has 0 aliphatic rings. The highest BCUT2D eigenvalue weighted by Crippen LogP contribution is 2.34. The molecule has 0 saturated carbocycles. The van der Waals surface area contributed by atoms with Gasteiger partial charge in [0.05, 0.1) is 11.1 Å². The molecule has 0 bridgehead atoms. The van der Waals surface area contributed by atoms with E-state index in [1.54, 1.807) is 28.7 Å². The number of anilines is 1. The fraction of sp³-hybridized carbons (Fsp3) is 0.0385. The van der Waals surface area contributed by atoms with Crippen LogP contribution in [0.3, 0.4) is 0 Å². The molecule has 6 aromatic rings. The maximum absolute atomic E-state index is 14.0. The topological polar surface area (TPSA) is 95.0 Å². The fourth-order valence-corrected chi connectivity index (χ4v) is 5.77. The van der Waals surface area contributed by atoms with E-state index in [1.807, 2.05) is 78.5 Å². The van der Waals surface area contributed by atoms with E-state index in [1.165, 1.54) is 0 Å². The number of hydrogen-bond acceptors (Lipinski definition) is 5. The van der Waals surface area contributed by atoms with Crippen LogP contribution in [0, 0.1) is 6.92 Å². The molecule has 34 heavy (non-hydrogen) atoms. The Morgan fingerprint density at radius 3 is 2.21 bits per heavy atom. The van der Waals surface area contributed by atoms with Gasteiger partial charge in [0.25, 0.3) is 11.3 Å². The largest absolute Gasteiger partial charge is 0.392 e. The van der Waals surface area contributed by atoms with Gasteiger partial charge < -0.3 is 5.73 Å². The van der Waals surface area contributed by atoms with Gasteiger partial charge in [-0.2, -0.15) is 4.40 Å². The molecule has 3 aromatic carbocycles. The molecule has 6 rings (SSSR count). The summed E-state index contributed by atoms with van der Waals surface area (Å²) in [4.78, 5) is 9.65. The number of rotatable bonds is 3. The predicted octanol–water partition coefficient (Wildman–Crippen LogP) is 4.04. The van der Waals surface area contributed by atoms with Crippen LogP contribution in [0.1, 0.15) is 5.56 Å². The van der Waals surface area contributed by atoms with Crippen LogP contribution in [0.4, 0.5) is 5.69 Å². The van der Waals surface area contributed by atoms with Crippen LogP contribution in [0.2, 0.25) is 0 Å². The van der Waals surface area contributed by atoms with E-state index in [4.69, 9.17) is 15.7 Å². The quantitative estimate of drug-likeness (QED) is 0.314. The van der Waals surface area contributed by atoms with Crippen LogP contribution in [0.5, 0.6) is 0 Å². The highest BCUT2D eigenvalue weighted by Gasteiger charge is 2.32. The summed E-state index contributed by atoms with van der Waals surface area (Å²) in [5.41, 5.74) is 11.0. The van der Waals surface area contributed by atoms with Crippen LogP contribution in [0.15, 0.2) is 101 Å². The van der Waals surface area contributed by atoms with Crippen molar-refractivity contribution in [3.05, 3.63) is 96.8 Å². The van der Waals surface area contributed by atoms with Crippen molar-refractivity contribution in [2.24, 2.45) is 0 Å². The standard InChI is InChI=1S/C26H20N5O2S/c1-17-11-13-19(14-12-17)34(32,33)24-22(27)26-30(18-7-3-2-4-8-18)15-16-31(26)25-23(24)28-20-9-5-6-10-21(20)29-25/h2-16H,27H2,1H3/q+1. The zero-order valence-corrected chi connectivity index (χ0v) is 19.1. The molecule has 0 aliphatic carbocycles. The summed E-state index contributed by atoms with van der Waals surface area (Å²) in [7, 11) is -4.00. The molecule has 0 spiro atoms. The van der Waals surface area contributed by atoms with Gasteiger partial charge in [0.1, 0.15) is 28.0 Å². The molecule has 0 aliphatic heterocycles. The monoisotopic (exact) mass is 466 g/mol. The highest BCUT2D eigenvalue weighted by atomic mass is 32.2. The van der Waals surface area contributed by atoms with Crippen molar-refractivity contribution >= 4 is 43.4 Å². The summed E-state index contributed by atoms with van der Waals surface area (Å²) in [5.74, 6) is 0. The maximum Gasteiger partial charge on any atom is 0.295 e. The summed E-state index contributed by atoms with van der Waals surface area (Å²) < 4.78 is 31.6. The third-order valence-corrected chi connectivity index (χ3v) is 7.78. The number of para-hydroxylation sites is 3. The molecule has 0 fully saturated rings. The predicted molar refractivity (Wildman–Crippen MR) is 131 cm³/mol. The Kier molecular flexibility index (Phi) is 4.40. The van der Waals surface area contributed by atoms with Crippen LogP contribution < -0.4 is 10.1 Å². The van der Waals surface area contributed by atoms with Crippen molar-refractivity contribution in [1.82, 2.24) is 14.5 Å². The number of aromatic nitrogens is 4. The van der Waals surface area contributed by atoms with Crippen LogP contribution >= 0.6 is 0 Å². The van der Waals surface area contributed by atoms with E-state index in [2.05, 4.69) is 0 Å². The van der Waals surface area contributed by atoms with E-state index in [-0.39, 0.29) is 21.0 Å². The van der Waals surface area contributed by atoms with Crippen molar-refractivity contribution < 1.29 is 12.8 Å². The van der Waals surface area contributed by atoms with Crippen molar-refractivity contribution in [3.8, 4) is 5.69 Å². The van der Waals surface area contributed by atoms with Gasteiger partial charge in [0, 0.05) is 0 Å². The molecular weight excluding hydrogens is 446 g/mol. The van der Waals surface area contributed by atoms with Gasteiger partial charge >= 0.3 is 0 Å². The van der Waals surface area contributed by atoms with Crippen LogP contribution in [-0.4, -0.2) is 23.0 Å². The van der Waals surface area contributed by atoms with Gasteiger partial charge in [-0.25, -0.2) is 18.0 Å². The SMILES string of the molecule is Cc1ccc(S(=O)(=O)c2c(N)c3n(-c4ccccc4)cc[n+]3c3nc4ccccc4nc23)cc1. The van der Waals surface area contributed by atoms with Crippen molar-refractivity contribution in [2.75, 3.05) is 5.73 Å². The number of pyridine rings is 1. The molecule has 8 heteroatoms. The first-order valence-electron chi connectivity index (χ1n) is 10.7. The molecule has 2 N–H and O–H groups in total. The van der Waals surface area contributed by atoms with Crippen LogP contribution in [-0.2, 0) is 9.84 Å². The fourth-order valence-electron chi connectivity index (χ4n) is 4.27. The second kappa shape index (κ2) is 7.36. The molecule has 0 amide bonds. The third kappa shape index (κ3) is 2.96. The average Bonchev–Trinajstić information content (AvgIpc) is 3.30. The summed E-state index contributed by atoms with van der Waals surface area (Å²) >= 11 is 0. The Labute approximate surface area is 195 Å². The smallest absolute Gasteiger partial charge is 0.295 e. The van der Waals surface area contributed by atoms with E-state index >= 15 is 0 Å².